The van der Waals surface area contributed by atoms with E-state index in [2.05, 4.69) is 46.4 Å². The highest BCUT2D eigenvalue weighted by atomic mass is 127. The average molecular weight is 452 g/mol. The number of hydrogen-bond donors (Lipinski definition) is 1. The molecule has 0 amide bonds. The molecule has 0 fully saturated rings. The van der Waals surface area contributed by atoms with Crippen LogP contribution in [0.2, 0.25) is 0 Å². The van der Waals surface area contributed by atoms with Gasteiger partial charge in [0.15, 0.2) is 5.96 Å². The van der Waals surface area contributed by atoms with Crippen molar-refractivity contribution < 1.29 is 4.74 Å². The molecule has 1 aliphatic rings. The molecule has 1 aliphatic heterocycles. The molecule has 6 heteroatoms. The quantitative estimate of drug-likeness (QED) is 0.328. The third-order valence-corrected chi connectivity index (χ3v) is 4.02. The molecule has 134 valence electrons. The lowest BCUT2D eigenvalue weighted by Gasteiger charge is -2.31. The van der Waals surface area contributed by atoms with Gasteiger partial charge in [0.2, 0.25) is 0 Å². The van der Waals surface area contributed by atoms with E-state index in [-0.39, 0.29) is 24.0 Å². The number of fused-ring (bicyclic) bond motifs is 1. The largest absolute Gasteiger partial charge is 0.490 e. The molecule has 0 bridgehead atoms. The number of benzene rings is 1. The summed E-state index contributed by atoms with van der Waals surface area (Å²) in [6.45, 7) is 6.03. The van der Waals surface area contributed by atoms with Crippen LogP contribution in [-0.4, -0.2) is 42.1 Å². The molecule has 0 atom stereocenters. The number of hydrogen-bond acceptors (Lipinski definition) is 3. The van der Waals surface area contributed by atoms with Gasteiger partial charge in [-0.05, 0) is 36.6 Å². The zero-order valence-electron chi connectivity index (χ0n) is 14.5. The Balaban J connectivity index is 0.00000225. The Morgan fingerprint density at radius 1 is 1.24 bits per heavy atom. The SMILES string of the molecule is CCNC(=NCCOc1cccnc1)N1CCc2ccccc2C1.I. The minimum atomic E-state index is 0. The highest BCUT2D eigenvalue weighted by Gasteiger charge is 2.18. The lowest BCUT2D eigenvalue weighted by atomic mass is 10.0. The lowest BCUT2D eigenvalue weighted by molar-refractivity contribution is 0.324. The molecule has 0 saturated heterocycles. The van der Waals surface area contributed by atoms with E-state index in [1.54, 1.807) is 12.4 Å². The average Bonchev–Trinajstić information content (AvgIpc) is 2.65. The maximum atomic E-state index is 5.66. The fraction of sp³-hybridized carbons (Fsp3) is 0.368. The van der Waals surface area contributed by atoms with E-state index >= 15 is 0 Å². The number of guanidine groups is 1. The van der Waals surface area contributed by atoms with Gasteiger partial charge >= 0.3 is 0 Å². The molecule has 1 aromatic heterocycles. The van der Waals surface area contributed by atoms with Crippen molar-refractivity contribution in [3.63, 3.8) is 0 Å². The van der Waals surface area contributed by atoms with Gasteiger partial charge in [0.1, 0.15) is 12.4 Å². The first-order valence-corrected chi connectivity index (χ1v) is 8.49. The van der Waals surface area contributed by atoms with E-state index in [1.807, 2.05) is 12.1 Å². The van der Waals surface area contributed by atoms with Gasteiger partial charge < -0.3 is 15.0 Å². The fourth-order valence-electron chi connectivity index (χ4n) is 2.85. The van der Waals surface area contributed by atoms with Crippen LogP contribution in [0.25, 0.3) is 0 Å². The summed E-state index contributed by atoms with van der Waals surface area (Å²) in [4.78, 5) is 11.1. The van der Waals surface area contributed by atoms with Crippen molar-refractivity contribution in [2.45, 2.75) is 19.9 Å². The van der Waals surface area contributed by atoms with Crippen molar-refractivity contribution in [2.24, 2.45) is 4.99 Å². The molecular weight excluding hydrogens is 427 g/mol. The summed E-state index contributed by atoms with van der Waals surface area (Å²) in [5.41, 5.74) is 2.84. The summed E-state index contributed by atoms with van der Waals surface area (Å²) in [6, 6.07) is 12.4. The predicted molar refractivity (Wildman–Crippen MR) is 112 cm³/mol. The van der Waals surface area contributed by atoms with Gasteiger partial charge in [0.25, 0.3) is 0 Å². The molecule has 1 N–H and O–H groups in total. The number of nitrogens with zero attached hydrogens (tertiary/aromatic N) is 3. The molecule has 0 saturated carbocycles. The first-order chi connectivity index (χ1) is 11.9. The molecule has 0 unspecified atom stereocenters. The van der Waals surface area contributed by atoms with Crippen molar-refractivity contribution in [1.82, 2.24) is 15.2 Å². The van der Waals surface area contributed by atoms with E-state index in [1.165, 1.54) is 11.1 Å². The Hall–Kier alpha value is -1.83. The maximum Gasteiger partial charge on any atom is 0.194 e. The molecule has 0 aliphatic carbocycles. The van der Waals surface area contributed by atoms with Crippen molar-refractivity contribution in [3.05, 3.63) is 59.9 Å². The number of halogens is 1. The van der Waals surface area contributed by atoms with Crippen molar-refractivity contribution >= 4 is 29.9 Å². The van der Waals surface area contributed by atoms with Crippen LogP contribution in [0, 0.1) is 0 Å². The molecule has 5 nitrogen and oxygen atoms in total. The number of ether oxygens (including phenoxy) is 1. The van der Waals surface area contributed by atoms with Crippen LogP contribution in [0.5, 0.6) is 5.75 Å². The Morgan fingerprint density at radius 3 is 2.84 bits per heavy atom. The van der Waals surface area contributed by atoms with Gasteiger partial charge in [-0.2, -0.15) is 0 Å². The summed E-state index contributed by atoms with van der Waals surface area (Å²) in [5.74, 6) is 1.74. The zero-order valence-corrected chi connectivity index (χ0v) is 16.8. The molecular formula is C19H25IN4O. The van der Waals surface area contributed by atoms with Gasteiger partial charge in [-0.15, -0.1) is 24.0 Å². The summed E-state index contributed by atoms with van der Waals surface area (Å²) in [5, 5.41) is 3.39. The number of aliphatic imine (C=N–C) groups is 1. The maximum absolute atomic E-state index is 5.66. The first-order valence-electron chi connectivity index (χ1n) is 8.49. The van der Waals surface area contributed by atoms with Crippen LogP contribution < -0.4 is 10.1 Å². The third-order valence-electron chi connectivity index (χ3n) is 4.02. The van der Waals surface area contributed by atoms with Crippen LogP contribution in [0.3, 0.4) is 0 Å². The van der Waals surface area contributed by atoms with Crippen LogP contribution in [0.15, 0.2) is 53.8 Å². The van der Waals surface area contributed by atoms with Gasteiger partial charge in [0, 0.05) is 25.8 Å². The highest BCUT2D eigenvalue weighted by Crippen LogP contribution is 2.18. The lowest BCUT2D eigenvalue weighted by Crippen LogP contribution is -2.44. The highest BCUT2D eigenvalue weighted by molar-refractivity contribution is 14.0. The van der Waals surface area contributed by atoms with Crippen molar-refractivity contribution in [3.8, 4) is 5.75 Å². The molecule has 1 aromatic carbocycles. The predicted octanol–water partition coefficient (Wildman–Crippen LogP) is 3.10. The van der Waals surface area contributed by atoms with Crippen LogP contribution >= 0.6 is 24.0 Å². The van der Waals surface area contributed by atoms with Gasteiger partial charge in [-0.25, -0.2) is 4.99 Å². The third kappa shape index (κ3) is 5.59. The van der Waals surface area contributed by atoms with Crippen LogP contribution in [-0.2, 0) is 13.0 Å². The first kappa shape index (κ1) is 19.5. The van der Waals surface area contributed by atoms with E-state index < -0.39 is 0 Å². The Kier molecular flexibility index (Phi) is 7.97. The van der Waals surface area contributed by atoms with Crippen molar-refractivity contribution in [1.29, 1.82) is 0 Å². The number of rotatable bonds is 5. The Labute approximate surface area is 166 Å². The van der Waals surface area contributed by atoms with Gasteiger partial charge in [0.05, 0.1) is 12.7 Å². The second-order valence-electron chi connectivity index (χ2n) is 5.71. The second kappa shape index (κ2) is 10.2. The molecule has 0 spiro atoms. The van der Waals surface area contributed by atoms with E-state index in [4.69, 9.17) is 9.73 Å². The number of aromatic nitrogens is 1. The normalized spacial score (nSPS) is 13.6. The fourth-order valence-corrected chi connectivity index (χ4v) is 2.85. The summed E-state index contributed by atoms with van der Waals surface area (Å²) in [6.07, 6.45) is 4.52. The van der Waals surface area contributed by atoms with Gasteiger partial charge in [-0.3, -0.25) is 4.98 Å². The second-order valence-corrected chi connectivity index (χ2v) is 5.71. The summed E-state index contributed by atoms with van der Waals surface area (Å²) >= 11 is 0. The standard InChI is InChI=1S/C19H24N4O.HI/c1-2-21-19(22-11-13-24-18-8-5-10-20-14-18)23-12-9-16-6-3-4-7-17(16)15-23;/h3-8,10,14H,2,9,11-13,15H2,1H3,(H,21,22);1H. The Morgan fingerprint density at radius 2 is 2.08 bits per heavy atom. The van der Waals surface area contributed by atoms with E-state index in [9.17, 15) is 0 Å². The Bertz CT molecular complexity index is 678. The topological polar surface area (TPSA) is 49.8 Å². The summed E-state index contributed by atoms with van der Waals surface area (Å²) in [7, 11) is 0. The van der Waals surface area contributed by atoms with Crippen LogP contribution in [0.4, 0.5) is 0 Å². The monoisotopic (exact) mass is 452 g/mol. The molecule has 2 heterocycles. The van der Waals surface area contributed by atoms with E-state index in [0.29, 0.717) is 13.2 Å². The van der Waals surface area contributed by atoms with E-state index in [0.717, 1.165) is 37.8 Å². The van der Waals surface area contributed by atoms with Crippen molar-refractivity contribution in [2.75, 3.05) is 26.2 Å². The number of nitrogens with one attached hydrogen (secondary N) is 1. The molecule has 3 rings (SSSR count). The van der Waals surface area contributed by atoms with Gasteiger partial charge in [-0.1, -0.05) is 24.3 Å². The minimum absolute atomic E-state index is 0. The minimum Gasteiger partial charge on any atom is -0.490 e. The molecule has 25 heavy (non-hydrogen) atoms. The van der Waals surface area contributed by atoms with Crippen LogP contribution in [0.1, 0.15) is 18.1 Å². The molecule has 2 aromatic rings. The smallest absolute Gasteiger partial charge is 0.194 e. The zero-order chi connectivity index (χ0) is 16.6. The number of pyridine rings is 1. The molecule has 0 radical (unpaired) electrons. The summed E-state index contributed by atoms with van der Waals surface area (Å²) < 4.78 is 5.66.